The summed E-state index contributed by atoms with van der Waals surface area (Å²) < 4.78 is 22.0. The van der Waals surface area contributed by atoms with Crippen LogP contribution >= 0.6 is 0 Å². The number of likely N-dealkylation sites (N-methyl/N-ethyl adjacent to an activating group) is 2. The molecule has 4 rings (SSSR count). The number of aromatic nitrogens is 2. The third kappa shape index (κ3) is 5.59. The first-order chi connectivity index (χ1) is 18.5. The number of hydrogen-bond acceptors (Lipinski definition) is 8. The van der Waals surface area contributed by atoms with E-state index in [-0.39, 0.29) is 0 Å². The van der Waals surface area contributed by atoms with Crippen LogP contribution in [-0.2, 0) is 0 Å². The second-order valence-corrected chi connectivity index (χ2v) is 8.73. The number of para-hydroxylation sites is 2. The smallest absolute Gasteiger partial charge is 0.170 e. The molecule has 0 saturated carbocycles. The van der Waals surface area contributed by atoms with Crippen LogP contribution in [0.25, 0.3) is 22.5 Å². The Morgan fingerprint density at radius 1 is 0.553 bits per heavy atom. The standard InChI is InChI=1S/C30H34N4O4/c1-33(21-13-15-25(31-19-21)23-9-7-11-27(35-3)29(23)37-5)17-18-34(2)22-14-16-26(32-20-22)24-10-8-12-28(36-4)30(24)38-6/h7-16,19-20H,17-18H2,1-6H3. The number of anilines is 2. The van der Waals surface area contributed by atoms with E-state index in [1.165, 1.54) is 0 Å². The summed E-state index contributed by atoms with van der Waals surface area (Å²) in [5.74, 6) is 2.71. The van der Waals surface area contributed by atoms with Crippen LogP contribution in [0.15, 0.2) is 73.1 Å². The van der Waals surface area contributed by atoms with E-state index in [1.807, 2.05) is 60.9 Å². The third-order valence-electron chi connectivity index (χ3n) is 6.51. The van der Waals surface area contributed by atoms with E-state index in [2.05, 4.69) is 46.0 Å². The quantitative estimate of drug-likeness (QED) is 0.263. The summed E-state index contributed by atoms with van der Waals surface area (Å²) in [7, 11) is 10.7. The molecule has 0 atom stereocenters. The van der Waals surface area contributed by atoms with E-state index < -0.39 is 0 Å². The second-order valence-electron chi connectivity index (χ2n) is 8.73. The minimum atomic E-state index is 0.676. The van der Waals surface area contributed by atoms with Gasteiger partial charge in [0.25, 0.3) is 0 Å². The minimum absolute atomic E-state index is 0.676. The maximum absolute atomic E-state index is 5.56. The lowest BCUT2D eigenvalue weighted by Gasteiger charge is -2.25. The summed E-state index contributed by atoms with van der Waals surface area (Å²) >= 11 is 0. The fourth-order valence-corrected chi connectivity index (χ4v) is 4.28. The molecule has 198 valence electrons. The highest BCUT2D eigenvalue weighted by Gasteiger charge is 2.14. The van der Waals surface area contributed by atoms with E-state index in [0.29, 0.717) is 23.0 Å². The maximum Gasteiger partial charge on any atom is 0.170 e. The van der Waals surface area contributed by atoms with Crippen molar-refractivity contribution in [3.8, 4) is 45.5 Å². The first-order valence-corrected chi connectivity index (χ1v) is 12.3. The van der Waals surface area contributed by atoms with Crippen molar-refractivity contribution >= 4 is 11.4 Å². The van der Waals surface area contributed by atoms with Crippen LogP contribution in [0.3, 0.4) is 0 Å². The van der Waals surface area contributed by atoms with Gasteiger partial charge in [-0.1, -0.05) is 12.1 Å². The summed E-state index contributed by atoms with van der Waals surface area (Å²) in [5.41, 5.74) is 5.50. The molecule has 0 N–H and O–H groups in total. The molecule has 0 aliphatic heterocycles. The summed E-state index contributed by atoms with van der Waals surface area (Å²) in [4.78, 5) is 13.7. The van der Waals surface area contributed by atoms with Gasteiger partial charge in [-0.15, -0.1) is 0 Å². The monoisotopic (exact) mass is 514 g/mol. The van der Waals surface area contributed by atoms with Crippen LogP contribution in [-0.4, -0.2) is 65.6 Å². The van der Waals surface area contributed by atoms with E-state index in [1.54, 1.807) is 28.4 Å². The van der Waals surface area contributed by atoms with Crippen LogP contribution in [0, 0.1) is 0 Å². The molecule has 0 saturated heterocycles. The van der Waals surface area contributed by atoms with Gasteiger partial charge < -0.3 is 28.7 Å². The van der Waals surface area contributed by atoms with Gasteiger partial charge >= 0.3 is 0 Å². The van der Waals surface area contributed by atoms with Crippen molar-refractivity contribution < 1.29 is 18.9 Å². The molecule has 8 heteroatoms. The summed E-state index contributed by atoms with van der Waals surface area (Å²) in [6.45, 7) is 1.62. The normalized spacial score (nSPS) is 10.6. The van der Waals surface area contributed by atoms with Crippen molar-refractivity contribution in [2.75, 3.05) is 65.4 Å². The molecular formula is C30H34N4O4. The molecule has 4 aromatic rings. The molecular weight excluding hydrogens is 480 g/mol. The topological polar surface area (TPSA) is 69.2 Å². The van der Waals surface area contributed by atoms with Crippen LogP contribution in [0.4, 0.5) is 11.4 Å². The maximum atomic E-state index is 5.56. The summed E-state index contributed by atoms with van der Waals surface area (Å²) in [5, 5.41) is 0. The summed E-state index contributed by atoms with van der Waals surface area (Å²) in [6, 6.07) is 19.7. The second kappa shape index (κ2) is 12.2. The van der Waals surface area contributed by atoms with Crippen molar-refractivity contribution in [3.63, 3.8) is 0 Å². The van der Waals surface area contributed by atoms with Gasteiger partial charge in [-0.05, 0) is 48.5 Å². The van der Waals surface area contributed by atoms with Crippen molar-refractivity contribution in [1.29, 1.82) is 0 Å². The number of methoxy groups -OCH3 is 4. The summed E-state index contributed by atoms with van der Waals surface area (Å²) in [6.07, 6.45) is 3.76. The number of rotatable bonds is 11. The lowest BCUT2D eigenvalue weighted by Crippen LogP contribution is -2.30. The van der Waals surface area contributed by atoms with Gasteiger partial charge in [0.2, 0.25) is 0 Å². The Hall–Kier alpha value is -4.46. The number of pyridine rings is 2. The Bertz CT molecular complexity index is 1240. The molecule has 8 nitrogen and oxygen atoms in total. The van der Waals surface area contributed by atoms with E-state index in [0.717, 1.165) is 47.0 Å². The molecule has 2 aromatic heterocycles. The van der Waals surface area contributed by atoms with Gasteiger partial charge in [0, 0.05) is 38.3 Å². The highest BCUT2D eigenvalue weighted by Crippen LogP contribution is 2.38. The first kappa shape index (κ1) is 26.6. The van der Waals surface area contributed by atoms with Crippen LogP contribution in [0.2, 0.25) is 0 Å². The van der Waals surface area contributed by atoms with Gasteiger partial charge in [-0.3, -0.25) is 9.97 Å². The van der Waals surface area contributed by atoms with E-state index >= 15 is 0 Å². The zero-order valence-corrected chi connectivity index (χ0v) is 22.8. The Labute approximate surface area is 224 Å². The Kier molecular flexibility index (Phi) is 8.53. The van der Waals surface area contributed by atoms with Gasteiger partial charge in [0.05, 0.1) is 63.6 Å². The molecule has 0 fully saturated rings. The van der Waals surface area contributed by atoms with Gasteiger partial charge in [0.1, 0.15) is 0 Å². The lowest BCUT2D eigenvalue weighted by molar-refractivity contribution is 0.356. The average Bonchev–Trinajstić information content (AvgIpc) is 2.98. The fraction of sp³-hybridized carbons (Fsp3) is 0.267. The first-order valence-electron chi connectivity index (χ1n) is 12.3. The van der Waals surface area contributed by atoms with E-state index in [4.69, 9.17) is 18.9 Å². The average molecular weight is 515 g/mol. The third-order valence-corrected chi connectivity index (χ3v) is 6.51. The van der Waals surface area contributed by atoms with Crippen molar-refractivity contribution in [3.05, 3.63) is 73.1 Å². The Balaban J connectivity index is 1.40. The largest absolute Gasteiger partial charge is 0.493 e. The van der Waals surface area contributed by atoms with E-state index in [9.17, 15) is 0 Å². The van der Waals surface area contributed by atoms with Gasteiger partial charge in [-0.25, -0.2) is 0 Å². The number of hydrogen-bond donors (Lipinski definition) is 0. The minimum Gasteiger partial charge on any atom is -0.493 e. The molecule has 0 radical (unpaired) electrons. The van der Waals surface area contributed by atoms with Crippen LogP contribution in [0.1, 0.15) is 0 Å². The van der Waals surface area contributed by atoms with Crippen molar-refractivity contribution in [2.45, 2.75) is 0 Å². The molecule has 38 heavy (non-hydrogen) atoms. The molecule has 2 aromatic carbocycles. The Morgan fingerprint density at radius 3 is 1.29 bits per heavy atom. The lowest BCUT2D eigenvalue weighted by atomic mass is 10.1. The predicted molar refractivity (Wildman–Crippen MR) is 152 cm³/mol. The molecule has 0 unspecified atom stereocenters. The zero-order valence-electron chi connectivity index (χ0n) is 22.8. The predicted octanol–water partition coefficient (Wildman–Crippen LogP) is 5.42. The van der Waals surface area contributed by atoms with Crippen LogP contribution < -0.4 is 28.7 Å². The molecule has 0 bridgehead atoms. The molecule has 2 heterocycles. The van der Waals surface area contributed by atoms with Crippen molar-refractivity contribution in [1.82, 2.24) is 9.97 Å². The highest BCUT2D eigenvalue weighted by molar-refractivity contribution is 5.73. The Morgan fingerprint density at radius 2 is 0.974 bits per heavy atom. The molecule has 0 aliphatic rings. The SMILES string of the molecule is COc1cccc(-c2ccc(N(C)CCN(C)c3ccc(-c4cccc(OC)c4OC)nc3)cn2)c1OC. The van der Waals surface area contributed by atoms with Gasteiger partial charge in [-0.2, -0.15) is 0 Å². The van der Waals surface area contributed by atoms with Crippen molar-refractivity contribution in [2.24, 2.45) is 0 Å². The molecule has 0 aliphatic carbocycles. The number of nitrogens with zero attached hydrogens (tertiary/aromatic N) is 4. The zero-order chi connectivity index (χ0) is 27.1. The molecule has 0 spiro atoms. The number of ether oxygens (including phenoxy) is 4. The number of benzene rings is 2. The van der Waals surface area contributed by atoms with Gasteiger partial charge in [0.15, 0.2) is 23.0 Å². The molecule has 0 amide bonds. The fourth-order valence-electron chi connectivity index (χ4n) is 4.28. The van der Waals surface area contributed by atoms with Crippen LogP contribution in [0.5, 0.6) is 23.0 Å². The highest BCUT2D eigenvalue weighted by atomic mass is 16.5.